The number of phenols is 1. The third kappa shape index (κ3) is 7.65. The quantitative estimate of drug-likeness (QED) is 0.442. The van der Waals surface area contributed by atoms with Gasteiger partial charge in [-0.3, -0.25) is 0 Å². The van der Waals surface area contributed by atoms with Crippen LogP contribution in [-0.4, -0.2) is 16.6 Å². The Morgan fingerprint density at radius 2 is 1.26 bits per heavy atom. The van der Waals surface area contributed by atoms with Crippen molar-refractivity contribution in [3.8, 4) is 5.75 Å². The maximum atomic E-state index is 9.68. The summed E-state index contributed by atoms with van der Waals surface area (Å²) < 4.78 is 0. The highest BCUT2D eigenvalue weighted by Crippen LogP contribution is 2.29. The SMILES string of the molecule is CCCCCCCCC.Cc1cc([S+]2CCCC2)cc(C)c1O. The van der Waals surface area contributed by atoms with Gasteiger partial charge in [-0.1, -0.05) is 58.8 Å². The summed E-state index contributed by atoms with van der Waals surface area (Å²) in [5.41, 5.74) is 2.05. The van der Waals surface area contributed by atoms with E-state index in [-0.39, 0.29) is 0 Å². The standard InChI is InChI=1S/C12H16OS.C9H20/c1-9-7-11(8-10(2)12(9)13)14-5-3-4-6-14;1-3-5-7-9-8-6-4-2/h7-8H,3-6H2,1-2H3;3-9H2,1-2H3/p+1. The van der Waals surface area contributed by atoms with Gasteiger partial charge in [-0.05, 0) is 49.9 Å². The van der Waals surface area contributed by atoms with E-state index >= 15 is 0 Å². The van der Waals surface area contributed by atoms with Crippen LogP contribution in [0.25, 0.3) is 0 Å². The minimum Gasteiger partial charge on any atom is -0.507 e. The normalized spacial score (nSPS) is 14.6. The monoisotopic (exact) mass is 337 g/mol. The van der Waals surface area contributed by atoms with Crippen molar-refractivity contribution in [3.05, 3.63) is 23.3 Å². The van der Waals surface area contributed by atoms with Crippen LogP contribution >= 0.6 is 0 Å². The Kier molecular flexibility index (Phi) is 10.5. The smallest absolute Gasteiger partial charge is 0.155 e. The Morgan fingerprint density at radius 3 is 1.70 bits per heavy atom. The number of phenolic OH excluding ortho intramolecular Hbond substituents is 1. The molecule has 1 nitrogen and oxygen atoms in total. The molecule has 1 aromatic rings. The number of rotatable bonds is 7. The van der Waals surface area contributed by atoms with Gasteiger partial charge in [0.25, 0.3) is 0 Å². The van der Waals surface area contributed by atoms with E-state index in [4.69, 9.17) is 0 Å². The average molecular weight is 338 g/mol. The molecule has 1 N–H and O–H groups in total. The molecule has 23 heavy (non-hydrogen) atoms. The van der Waals surface area contributed by atoms with Gasteiger partial charge in [0, 0.05) is 10.9 Å². The zero-order valence-electron chi connectivity index (χ0n) is 15.8. The minimum atomic E-state index is 0.469. The summed E-state index contributed by atoms with van der Waals surface area (Å²) in [6.07, 6.45) is 12.7. The van der Waals surface area contributed by atoms with E-state index < -0.39 is 0 Å². The summed E-state index contributed by atoms with van der Waals surface area (Å²) in [5.74, 6) is 3.17. The van der Waals surface area contributed by atoms with Crippen LogP contribution < -0.4 is 0 Å². The number of benzene rings is 1. The molecule has 0 bridgehead atoms. The van der Waals surface area contributed by atoms with Crippen molar-refractivity contribution < 1.29 is 5.11 Å². The molecule has 0 atom stereocenters. The van der Waals surface area contributed by atoms with Gasteiger partial charge < -0.3 is 5.11 Å². The summed E-state index contributed by atoms with van der Waals surface area (Å²) in [5, 5.41) is 9.68. The molecule has 0 aromatic heterocycles. The molecule has 0 amide bonds. The Labute approximate surface area is 147 Å². The van der Waals surface area contributed by atoms with Crippen LogP contribution in [-0.2, 0) is 10.9 Å². The molecule has 0 saturated carbocycles. The lowest BCUT2D eigenvalue weighted by atomic mass is 10.1. The van der Waals surface area contributed by atoms with Gasteiger partial charge in [0.05, 0.1) is 0 Å². The number of hydrogen-bond acceptors (Lipinski definition) is 1. The third-order valence-corrected chi connectivity index (χ3v) is 7.00. The van der Waals surface area contributed by atoms with Gasteiger partial charge in [0.15, 0.2) is 4.90 Å². The zero-order valence-corrected chi connectivity index (χ0v) is 16.6. The summed E-state index contributed by atoms with van der Waals surface area (Å²) in [6.45, 7) is 8.51. The van der Waals surface area contributed by atoms with Crippen LogP contribution in [0.4, 0.5) is 0 Å². The van der Waals surface area contributed by atoms with E-state index in [2.05, 4.69) is 26.0 Å². The predicted octanol–water partition coefficient (Wildman–Crippen LogP) is 6.54. The predicted molar refractivity (Wildman–Crippen MR) is 106 cm³/mol. The van der Waals surface area contributed by atoms with Crippen LogP contribution in [0.3, 0.4) is 0 Å². The molecule has 2 rings (SSSR count). The van der Waals surface area contributed by atoms with E-state index in [9.17, 15) is 5.11 Å². The van der Waals surface area contributed by atoms with Crippen LogP contribution in [0, 0.1) is 13.8 Å². The van der Waals surface area contributed by atoms with Crippen LogP contribution in [0.5, 0.6) is 5.75 Å². The van der Waals surface area contributed by atoms with E-state index in [1.165, 1.54) is 74.2 Å². The fraction of sp³-hybridized carbons (Fsp3) is 0.714. The first-order valence-electron chi connectivity index (χ1n) is 9.57. The van der Waals surface area contributed by atoms with E-state index in [1.54, 1.807) is 0 Å². The molecule has 0 aliphatic carbocycles. The first-order valence-corrected chi connectivity index (χ1v) is 11.1. The molecule has 1 aromatic carbocycles. The molecular weight excluding hydrogens is 300 g/mol. The number of aromatic hydroxyl groups is 1. The zero-order chi connectivity index (χ0) is 17.1. The van der Waals surface area contributed by atoms with Crippen molar-refractivity contribution in [2.75, 3.05) is 11.5 Å². The van der Waals surface area contributed by atoms with E-state index in [0.717, 1.165) is 11.1 Å². The molecule has 1 aliphatic rings. The molecule has 132 valence electrons. The Balaban J connectivity index is 0.000000257. The molecule has 2 heteroatoms. The maximum Gasteiger partial charge on any atom is 0.155 e. The lowest BCUT2D eigenvalue weighted by Crippen LogP contribution is -2.04. The van der Waals surface area contributed by atoms with Crippen molar-refractivity contribution in [2.24, 2.45) is 0 Å². The molecule has 1 heterocycles. The van der Waals surface area contributed by atoms with Crippen molar-refractivity contribution in [3.63, 3.8) is 0 Å². The first-order chi connectivity index (χ1) is 11.1. The lowest BCUT2D eigenvalue weighted by molar-refractivity contribution is 0.466. The van der Waals surface area contributed by atoms with Gasteiger partial charge in [0.2, 0.25) is 0 Å². The molecule has 0 spiro atoms. The lowest BCUT2D eigenvalue weighted by Gasteiger charge is -2.06. The third-order valence-electron chi connectivity index (χ3n) is 4.54. The molecule has 1 aliphatic heterocycles. The average Bonchev–Trinajstić information content (AvgIpc) is 3.07. The van der Waals surface area contributed by atoms with Gasteiger partial charge >= 0.3 is 0 Å². The fourth-order valence-corrected chi connectivity index (χ4v) is 5.47. The van der Waals surface area contributed by atoms with E-state index in [1.807, 2.05) is 13.8 Å². The summed E-state index contributed by atoms with van der Waals surface area (Å²) in [7, 11) is 0.469. The van der Waals surface area contributed by atoms with Gasteiger partial charge in [-0.2, -0.15) is 0 Å². The van der Waals surface area contributed by atoms with Crippen molar-refractivity contribution in [1.29, 1.82) is 0 Å². The molecule has 1 fully saturated rings. The fourth-order valence-electron chi connectivity index (χ4n) is 3.00. The number of unbranched alkanes of at least 4 members (excludes halogenated alkanes) is 6. The summed E-state index contributed by atoms with van der Waals surface area (Å²) in [6, 6.07) is 4.33. The highest BCUT2D eigenvalue weighted by atomic mass is 32.2. The first kappa shape index (κ1) is 20.4. The Bertz CT molecular complexity index is 406. The summed E-state index contributed by atoms with van der Waals surface area (Å²) >= 11 is 0. The molecular formula is C21H37OS+. The van der Waals surface area contributed by atoms with Crippen molar-refractivity contribution in [2.45, 2.75) is 90.4 Å². The highest BCUT2D eigenvalue weighted by Gasteiger charge is 2.27. The summed E-state index contributed by atoms with van der Waals surface area (Å²) in [4.78, 5) is 1.45. The number of hydrogen-bond donors (Lipinski definition) is 1. The minimum absolute atomic E-state index is 0.469. The van der Waals surface area contributed by atoms with Crippen molar-refractivity contribution in [1.82, 2.24) is 0 Å². The maximum absolute atomic E-state index is 9.68. The molecule has 1 saturated heterocycles. The van der Waals surface area contributed by atoms with Crippen LogP contribution in [0.1, 0.15) is 82.8 Å². The Morgan fingerprint density at radius 1 is 0.826 bits per heavy atom. The van der Waals surface area contributed by atoms with Crippen molar-refractivity contribution >= 4 is 10.9 Å². The topological polar surface area (TPSA) is 20.2 Å². The largest absolute Gasteiger partial charge is 0.507 e. The van der Waals surface area contributed by atoms with Gasteiger partial charge in [0.1, 0.15) is 17.3 Å². The number of aryl methyl sites for hydroxylation is 2. The molecule has 0 unspecified atom stereocenters. The molecule has 0 radical (unpaired) electrons. The van der Waals surface area contributed by atoms with Gasteiger partial charge in [-0.25, -0.2) is 0 Å². The Hall–Kier alpha value is -0.630. The second-order valence-corrected chi connectivity index (χ2v) is 9.06. The van der Waals surface area contributed by atoms with Crippen LogP contribution in [0.15, 0.2) is 17.0 Å². The highest BCUT2D eigenvalue weighted by molar-refractivity contribution is 7.97. The second kappa shape index (κ2) is 11.8. The van der Waals surface area contributed by atoms with Gasteiger partial charge in [-0.15, -0.1) is 0 Å². The van der Waals surface area contributed by atoms with E-state index in [0.29, 0.717) is 16.6 Å². The van der Waals surface area contributed by atoms with Crippen LogP contribution in [0.2, 0.25) is 0 Å². The second-order valence-electron chi connectivity index (χ2n) is 6.78.